The topological polar surface area (TPSA) is 112 Å². The fourth-order valence-electron chi connectivity index (χ4n) is 2.99. The van der Waals surface area contributed by atoms with Gasteiger partial charge in [-0.1, -0.05) is 32.0 Å². The van der Waals surface area contributed by atoms with Gasteiger partial charge in [-0.3, -0.25) is 4.79 Å². The number of sulfonamides is 1. The van der Waals surface area contributed by atoms with Crippen LogP contribution in [-0.2, 0) is 26.2 Å². The van der Waals surface area contributed by atoms with E-state index in [4.69, 9.17) is 13.9 Å². The molecular weight excluding hydrogens is 422 g/mol. The number of benzene rings is 2. The minimum atomic E-state index is -3.91. The van der Waals surface area contributed by atoms with Gasteiger partial charge in [-0.05, 0) is 30.2 Å². The van der Waals surface area contributed by atoms with Crippen molar-refractivity contribution in [3.05, 3.63) is 70.6 Å². The van der Waals surface area contributed by atoms with E-state index in [0.717, 1.165) is 0 Å². The number of hydrogen-bond donors (Lipinski definition) is 1. The number of rotatable bonds is 8. The first-order valence-corrected chi connectivity index (χ1v) is 11.0. The van der Waals surface area contributed by atoms with Gasteiger partial charge in [0.15, 0.2) is 0 Å². The number of esters is 1. The summed E-state index contributed by atoms with van der Waals surface area (Å²) < 4.78 is 43.3. The minimum Gasteiger partial charge on any atom is -0.497 e. The predicted molar refractivity (Wildman–Crippen MR) is 114 cm³/mol. The lowest BCUT2D eigenvalue weighted by Gasteiger charge is -2.21. The number of ether oxygens (including phenoxy) is 2. The second kappa shape index (κ2) is 9.32. The van der Waals surface area contributed by atoms with Crippen LogP contribution in [0.5, 0.6) is 5.75 Å². The highest BCUT2D eigenvalue weighted by atomic mass is 32.2. The lowest BCUT2D eigenvalue weighted by Crippen LogP contribution is -2.45. The molecule has 0 radical (unpaired) electrons. The van der Waals surface area contributed by atoms with E-state index in [-0.39, 0.29) is 17.4 Å². The molecule has 0 saturated carbocycles. The van der Waals surface area contributed by atoms with Crippen LogP contribution < -0.4 is 15.1 Å². The molecule has 0 aliphatic rings. The normalized spacial score (nSPS) is 12.6. The van der Waals surface area contributed by atoms with Crippen molar-refractivity contribution in [2.24, 2.45) is 5.92 Å². The van der Waals surface area contributed by atoms with Crippen molar-refractivity contribution < 1.29 is 27.1 Å². The van der Waals surface area contributed by atoms with E-state index in [2.05, 4.69) is 4.72 Å². The van der Waals surface area contributed by atoms with E-state index in [9.17, 15) is 18.0 Å². The minimum absolute atomic E-state index is 0.0501. The number of methoxy groups -OCH3 is 1. The number of carbonyl (C=O) groups excluding carboxylic acids is 1. The quantitative estimate of drug-likeness (QED) is 0.419. The Labute approximate surface area is 179 Å². The number of carbonyl (C=O) groups is 1. The maximum Gasteiger partial charge on any atom is 0.336 e. The summed E-state index contributed by atoms with van der Waals surface area (Å²) in [6, 6.07) is 12.9. The predicted octanol–water partition coefficient (Wildman–Crippen LogP) is 2.85. The van der Waals surface area contributed by atoms with E-state index in [1.165, 1.54) is 25.3 Å². The zero-order valence-electron chi connectivity index (χ0n) is 17.3. The molecule has 9 heteroatoms. The lowest BCUT2D eigenvalue weighted by molar-refractivity contribution is -0.148. The molecular formula is C22H23NO7S. The molecule has 1 heterocycles. The van der Waals surface area contributed by atoms with Crippen molar-refractivity contribution in [1.29, 1.82) is 0 Å². The number of hydrogen-bond acceptors (Lipinski definition) is 7. The average Bonchev–Trinajstić information content (AvgIpc) is 2.75. The van der Waals surface area contributed by atoms with Crippen molar-refractivity contribution in [2.75, 3.05) is 7.11 Å². The maximum absolute atomic E-state index is 12.7. The van der Waals surface area contributed by atoms with Gasteiger partial charge in [0.25, 0.3) is 0 Å². The Morgan fingerprint density at radius 3 is 2.45 bits per heavy atom. The molecule has 2 aromatic carbocycles. The first kappa shape index (κ1) is 22.5. The standard InChI is InChI=1S/C22H23NO7S/c1-14(2)21(23-31(26,27)17-7-5-4-6-8-17)22(25)29-13-15-11-20(24)30-19-12-16(28-3)9-10-18(15)19/h4-12,14,21,23H,13H2,1-3H3/t21-/m1/s1. The van der Waals surface area contributed by atoms with Crippen LogP contribution >= 0.6 is 0 Å². The summed E-state index contributed by atoms with van der Waals surface area (Å²) in [4.78, 5) is 24.7. The van der Waals surface area contributed by atoms with Crippen molar-refractivity contribution >= 4 is 27.0 Å². The van der Waals surface area contributed by atoms with Crippen molar-refractivity contribution in [1.82, 2.24) is 4.72 Å². The molecule has 0 aliphatic heterocycles. The molecule has 0 spiro atoms. The summed E-state index contributed by atoms with van der Waals surface area (Å²) in [5.74, 6) is -0.600. The second-order valence-electron chi connectivity index (χ2n) is 7.22. The number of fused-ring (bicyclic) bond motifs is 1. The van der Waals surface area contributed by atoms with Gasteiger partial charge >= 0.3 is 11.6 Å². The SMILES string of the molecule is COc1ccc2c(COC(=O)[C@H](NS(=O)(=O)c3ccccc3)C(C)C)cc(=O)oc2c1. The third-order valence-electron chi connectivity index (χ3n) is 4.66. The highest BCUT2D eigenvalue weighted by molar-refractivity contribution is 7.89. The summed E-state index contributed by atoms with van der Waals surface area (Å²) in [5.41, 5.74) is 0.135. The van der Waals surface area contributed by atoms with E-state index >= 15 is 0 Å². The van der Waals surface area contributed by atoms with Crippen LogP contribution in [0.3, 0.4) is 0 Å². The molecule has 0 amide bonds. The van der Waals surface area contributed by atoms with Gasteiger partial charge in [-0.25, -0.2) is 13.2 Å². The van der Waals surface area contributed by atoms with Crippen LogP contribution in [0.4, 0.5) is 0 Å². The Kier molecular flexibility index (Phi) is 6.77. The van der Waals surface area contributed by atoms with Gasteiger partial charge in [0, 0.05) is 23.1 Å². The van der Waals surface area contributed by atoms with Crippen LogP contribution in [0, 0.1) is 5.92 Å². The van der Waals surface area contributed by atoms with Crippen LogP contribution in [0.2, 0.25) is 0 Å². The van der Waals surface area contributed by atoms with Crippen LogP contribution in [-0.4, -0.2) is 27.5 Å². The van der Waals surface area contributed by atoms with E-state index in [1.807, 2.05) is 0 Å². The average molecular weight is 445 g/mol. The third-order valence-corrected chi connectivity index (χ3v) is 6.12. The summed E-state index contributed by atoms with van der Waals surface area (Å²) in [6.07, 6.45) is 0. The summed E-state index contributed by atoms with van der Waals surface area (Å²) in [5, 5.41) is 0.583. The van der Waals surface area contributed by atoms with E-state index < -0.39 is 27.7 Å². The van der Waals surface area contributed by atoms with Gasteiger partial charge in [0.2, 0.25) is 10.0 Å². The zero-order valence-corrected chi connectivity index (χ0v) is 18.1. The Hall–Kier alpha value is -3.17. The molecule has 3 rings (SSSR count). The summed E-state index contributed by atoms with van der Waals surface area (Å²) in [6.45, 7) is 3.19. The van der Waals surface area contributed by atoms with Crippen LogP contribution in [0.1, 0.15) is 19.4 Å². The van der Waals surface area contributed by atoms with Crippen LogP contribution in [0.15, 0.2) is 68.7 Å². The molecule has 1 atom stereocenters. The first-order valence-electron chi connectivity index (χ1n) is 9.56. The van der Waals surface area contributed by atoms with Crippen LogP contribution in [0.25, 0.3) is 11.0 Å². The maximum atomic E-state index is 12.7. The molecule has 0 aliphatic carbocycles. The lowest BCUT2D eigenvalue weighted by atomic mass is 10.1. The zero-order chi connectivity index (χ0) is 22.6. The molecule has 8 nitrogen and oxygen atoms in total. The highest BCUT2D eigenvalue weighted by Gasteiger charge is 2.29. The molecule has 31 heavy (non-hydrogen) atoms. The van der Waals surface area contributed by atoms with Crippen molar-refractivity contribution in [3.8, 4) is 5.75 Å². The highest BCUT2D eigenvalue weighted by Crippen LogP contribution is 2.23. The van der Waals surface area contributed by atoms with E-state index in [0.29, 0.717) is 22.3 Å². The molecule has 164 valence electrons. The molecule has 0 saturated heterocycles. The van der Waals surface area contributed by atoms with Gasteiger partial charge in [0.1, 0.15) is 24.0 Å². The van der Waals surface area contributed by atoms with Crippen molar-refractivity contribution in [3.63, 3.8) is 0 Å². The fraction of sp³-hybridized carbons (Fsp3) is 0.273. The van der Waals surface area contributed by atoms with Gasteiger partial charge in [0.05, 0.1) is 12.0 Å². The van der Waals surface area contributed by atoms with E-state index in [1.54, 1.807) is 50.2 Å². The Balaban J connectivity index is 1.80. The Bertz CT molecular complexity index is 1230. The second-order valence-corrected chi connectivity index (χ2v) is 8.93. The van der Waals surface area contributed by atoms with Gasteiger partial charge < -0.3 is 13.9 Å². The summed E-state index contributed by atoms with van der Waals surface area (Å²) in [7, 11) is -2.42. The molecule has 1 aromatic heterocycles. The monoisotopic (exact) mass is 445 g/mol. The van der Waals surface area contributed by atoms with Gasteiger partial charge in [-0.15, -0.1) is 0 Å². The molecule has 0 fully saturated rings. The first-order chi connectivity index (χ1) is 14.7. The smallest absolute Gasteiger partial charge is 0.336 e. The fourth-order valence-corrected chi connectivity index (χ4v) is 4.34. The largest absolute Gasteiger partial charge is 0.497 e. The molecule has 1 N–H and O–H groups in total. The Morgan fingerprint density at radius 1 is 1.10 bits per heavy atom. The number of nitrogens with one attached hydrogen (secondary N) is 1. The molecule has 0 bridgehead atoms. The van der Waals surface area contributed by atoms with Gasteiger partial charge in [-0.2, -0.15) is 4.72 Å². The summed E-state index contributed by atoms with van der Waals surface area (Å²) >= 11 is 0. The Morgan fingerprint density at radius 2 is 1.81 bits per heavy atom. The molecule has 0 unspecified atom stereocenters. The van der Waals surface area contributed by atoms with Crippen molar-refractivity contribution in [2.45, 2.75) is 31.4 Å². The molecule has 3 aromatic rings. The third kappa shape index (κ3) is 5.31.